The van der Waals surface area contributed by atoms with Gasteiger partial charge in [-0.05, 0) is 25.7 Å². The number of aliphatic carboxylic acids is 4. The van der Waals surface area contributed by atoms with Crippen molar-refractivity contribution in [1.29, 1.82) is 0 Å². The van der Waals surface area contributed by atoms with Crippen molar-refractivity contribution in [2.75, 3.05) is 39.3 Å². The molecule has 10 nitrogen and oxygen atoms in total. The summed E-state index contributed by atoms with van der Waals surface area (Å²) in [6, 6.07) is 0. The van der Waals surface area contributed by atoms with E-state index in [4.69, 9.17) is 0 Å². The molecule has 0 aromatic heterocycles. The number of carboxylic acids is 4. The van der Waals surface area contributed by atoms with E-state index in [2.05, 4.69) is 0 Å². The van der Waals surface area contributed by atoms with E-state index in [9.17, 15) is 39.6 Å². The van der Waals surface area contributed by atoms with E-state index in [1.807, 2.05) is 0 Å². The van der Waals surface area contributed by atoms with Crippen LogP contribution >= 0.6 is 0 Å². The van der Waals surface area contributed by atoms with E-state index in [1.165, 1.54) is 0 Å². The summed E-state index contributed by atoms with van der Waals surface area (Å²) in [5.74, 6) is -5.11. The van der Waals surface area contributed by atoms with Crippen molar-refractivity contribution >= 4 is 23.9 Å². The minimum absolute atomic E-state index is 0. The Morgan fingerprint density at radius 3 is 0.750 bits per heavy atom. The summed E-state index contributed by atoms with van der Waals surface area (Å²) in [6.45, 7) is 0.713. The van der Waals surface area contributed by atoms with Crippen LogP contribution in [0.1, 0.15) is 25.7 Å². The zero-order chi connectivity index (χ0) is 18.5. The van der Waals surface area contributed by atoms with Gasteiger partial charge < -0.3 is 49.4 Å². The Kier molecular flexibility index (Phi) is 36.0. The maximum absolute atomic E-state index is 10.5. The Balaban J connectivity index is -0.000000441. The molecule has 138 valence electrons. The second-order valence-corrected chi connectivity index (χ2v) is 5.17. The third-order valence-electron chi connectivity index (χ3n) is 3.26. The number of rotatable bonds is 15. The topological polar surface area (TPSA) is 167 Å². The Morgan fingerprint density at radius 1 is 0.429 bits per heavy atom. The Morgan fingerprint density at radius 2 is 0.607 bits per heavy atom. The molecule has 0 N–H and O–H groups in total. The average molecular weight is 436 g/mol. The Bertz CT molecular complexity index is 381. The van der Waals surface area contributed by atoms with Crippen LogP contribution in [-0.2, 0) is 19.2 Å². The molecule has 0 atom stereocenters. The third kappa shape index (κ3) is 27.8. The molecule has 0 unspecified atom stereocenters. The normalized spacial score (nSPS) is 9.36. The van der Waals surface area contributed by atoms with E-state index < -0.39 is 23.9 Å². The zero-order valence-electron chi connectivity index (χ0n) is 17.2. The summed E-state index contributed by atoms with van der Waals surface area (Å²) < 4.78 is 0. The van der Waals surface area contributed by atoms with Crippen molar-refractivity contribution in [3.05, 3.63) is 0 Å². The standard InChI is InChI=1S/C14H24N2O8.4Na/c17-11(18)1-5-15(6-2-12(19)20)9-10-16(7-3-13(21)22)8-4-14(23)24;;;;/h1-10H2,(H,17,18)(H,19,20)(H,21,22)(H,23,24);;;;/q;4*+1/p-4. The predicted octanol–water partition coefficient (Wildman–Crippen LogP) is -17.8. The summed E-state index contributed by atoms with van der Waals surface area (Å²) in [5.41, 5.74) is 0. The summed E-state index contributed by atoms with van der Waals surface area (Å²) in [7, 11) is 0. The summed E-state index contributed by atoms with van der Waals surface area (Å²) >= 11 is 0. The van der Waals surface area contributed by atoms with Crippen LogP contribution in [-0.4, -0.2) is 72.9 Å². The fourth-order valence-electron chi connectivity index (χ4n) is 1.95. The summed E-state index contributed by atoms with van der Waals surface area (Å²) in [6.07, 6.45) is -1.15. The maximum Gasteiger partial charge on any atom is 1.00 e. The molecule has 0 amide bonds. The SMILES string of the molecule is O=C([O-])CCN(CCC(=O)[O-])CCN(CCC(=O)[O-])CCC(=O)[O-].[Na+].[Na+].[Na+].[Na+]. The van der Waals surface area contributed by atoms with Crippen molar-refractivity contribution in [2.24, 2.45) is 0 Å². The first-order valence-electron chi connectivity index (χ1n) is 7.44. The second-order valence-electron chi connectivity index (χ2n) is 5.17. The van der Waals surface area contributed by atoms with Crippen LogP contribution in [0.4, 0.5) is 0 Å². The van der Waals surface area contributed by atoms with Crippen LogP contribution in [0.15, 0.2) is 0 Å². The van der Waals surface area contributed by atoms with E-state index in [-0.39, 0.29) is 183 Å². The number of hydrogen-bond donors (Lipinski definition) is 0. The molecule has 0 saturated heterocycles. The molecule has 0 aliphatic carbocycles. The molecule has 28 heavy (non-hydrogen) atoms. The molecule has 0 fully saturated rings. The van der Waals surface area contributed by atoms with Crippen molar-refractivity contribution in [3.8, 4) is 0 Å². The van der Waals surface area contributed by atoms with Crippen LogP contribution in [0, 0.1) is 0 Å². The van der Waals surface area contributed by atoms with Gasteiger partial charge in [-0.3, -0.25) is 0 Å². The molecule has 0 saturated carbocycles. The van der Waals surface area contributed by atoms with Crippen LogP contribution in [0.5, 0.6) is 0 Å². The minimum Gasteiger partial charge on any atom is -0.550 e. The molecule has 0 aliphatic heterocycles. The smallest absolute Gasteiger partial charge is 0.550 e. The molecule has 14 heteroatoms. The number of carbonyl (C=O) groups excluding carboxylic acids is 4. The molecule has 0 heterocycles. The van der Waals surface area contributed by atoms with Gasteiger partial charge in [0, 0.05) is 63.1 Å². The van der Waals surface area contributed by atoms with Crippen molar-refractivity contribution in [2.45, 2.75) is 25.7 Å². The first-order valence-corrected chi connectivity index (χ1v) is 7.44. The number of carboxylic acid groups (broad SMARTS) is 4. The Hall–Kier alpha value is 1.80. The first-order chi connectivity index (χ1) is 11.2. The number of nitrogens with zero attached hydrogens (tertiary/aromatic N) is 2. The van der Waals surface area contributed by atoms with E-state index in [0.717, 1.165) is 0 Å². The van der Waals surface area contributed by atoms with Gasteiger partial charge in [0.2, 0.25) is 0 Å². The third-order valence-corrected chi connectivity index (χ3v) is 3.26. The van der Waals surface area contributed by atoms with E-state index in [0.29, 0.717) is 0 Å². The summed E-state index contributed by atoms with van der Waals surface area (Å²) in [5, 5.41) is 42.1. The molecule has 0 aromatic rings. The fraction of sp³-hybridized carbons (Fsp3) is 0.714. The predicted molar refractivity (Wildman–Crippen MR) is 71.4 cm³/mol. The van der Waals surface area contributed by atoms with Gasteiger partial charge in [0.05, 0.1) is 0 Å². The molecular formula is C14H20N2Na4O8. The van der Waals surface area contributed by atoms with Gasteiger partial charge in [-0.2, -0.15) is 0 Å². The fourth-order valence-corrected chi connectivity index (χ4v) is 1.95. The summed E-state index contributed by atoms with van der Waals surface area (Å²) in [4.78, 5) is 45.2. The monoisotopic (exact) mass is 436 g/mol. The second kappa shape index (κ2) is 25.1. The van der Waals surface area contributed by atoms with Crippen LogP contribution < -0.4 is 139 Å². The van der Waals surface area contributed by atoms with Gasteiger partial charge in [0.1, 0.15) is 0 Å². The van der Waals surface area contributed by atoms with Crippen LogP contribution in [0.3, 0.4) is 0 Å². The molecule has 0 rings (SSSR count). The average Bonchev–Trinajstić information content (AvgIpc) is 2.47. The zero-order valence-corrected chi connectivity index (χ0v) is 25.2. The number of hydrogen-bond acceptors (Lipinski definition) is 10. The van der Waals surface area contributed by atoms with Gasteiger partial charge in [-0.1, -0.05) is 0 Å². The molecule has 0 aliphatic rings. The van der Waals surface area contributed by atoms with Crippen LogP contribution in [0.2, 0.25) is 0 Å². The largest absolute Gasteiger partial charge is 1.00 e. The molecule has 0 radical (unpaired) electrons. The minimum atomic E-state index is -1.28. The van der Waals surface area contributed by atoms with Crippen molar-refractivity contribution in [1.82, 2.24) is 9.80 Å². The quantitative estimate of drug-likeness (QED) is 0.225. The van der Waals surface area contributed by atoms with Gasteiger partial charge in [-0.25, -0.2) is 0 Å². The molecule has 0 bridgehead atoms. The number of carbonyl (C=O) groups is 4. The van der Waals surface area contributed by atoms with E-state index >= 15 is 0 Å². The maximum atomic E-state index is 10.5. The van der Waals surface area contributed by atoms with Gasteiger partial charge in [0.15, 0.2) is 0 Å². The molecule has 0 spiro atoms. The Labute approximate surface area is 252 Å². The molecule has 0 aromatic carbocycles. The van der Waals surface area contributed by atoms with Gasteiger partial charge >= 0.3 is 118 Å². The van der Waals surface area contributed by atoms with Crippen molar-refractivity contribution < 1.29 is 158 Å². The van der Waals surface area contributed by atoms with Gasteiger partial charge in [-0.15, -0.1) is 0 Å². The first kappa shape index (κ1) is 40.2. The van der Waals surface area contributed by atoms with Crippen molar-refractivity contribution in [3.63, 3.8) is 0 Å². The van der Waals surface area contributed by atoms with Gasteiger partial charge in [0.25, 0.3) is 0 Å². The molecular weight excluding hydrogens is 416 g/mol. The van der Waals surface area contributed by atoms with E-state index in [1.54, 1.807) is 9.80 Å². The van der Waals surface area contributed by atoms with Crippen LogP contribution in [0.25, 0.3) is 0 Å².